The van der Waals surface area contributed by atoms with E-state index in [1.807, 2.05) is 12.3 Å². The van der Waals surface area contributed by atoms with Gasteiger partial charge < -0.3 is 10.2 Å². The van der Waals surface area contributed by atoms with Crippen molar-refractivity contribution in [2.24, 2.45) is 0 Å². The number of rotatable bonds is 5. The number of pyridine rings is 1. The summed E-state index contributed by atoms with van der Waals surface area (Å²) in [5.74, 6) is 0. The number of likely N-dealkylation sites (tertiary alicyclic amines) is 1. The summed E-state index contributed by atoms with van der Waals surface area (Å²) in [5.41, 5.74) is 1.21. The van der Waals surface area contributed by atoms with Crippen molar-refractivity contribution in [1.29, 1.82) is 0 Å². The summed E-state index contributed by atoms with van der Waals surface area (Å²) in [6.07, 6.45) is 7.07. The van der Waals surface area contributed by atoms with Crippen LogP contribution < -0.4 is 5.32 Å². The molecule has 2 fully saturated rings. The van der Waals surface area contributed by atoms with E-state index in [9.17, 15) is 0 Å². The Morgan fingerprint density at radius 3 is 2.94 bits per heavy atom. The molecule has 0 amide bonds. The molecule has 1 atom stereocenters. The fraction of sp³-hybridized carbons (Fsp3) is 0.643. The molecule has 1 aliphatic heterocycles. The Hall–Kier alpha value is -0.930. The third-order valence-corrected chi connectivity index (χ3v) is 3.73. The van der Waals surface area contributed by atoms with E-state index < -0.39 is 0 Å². The van der Waals surface area contributed by atoms with Crippen molar-refractivity contribution in [3.05, 3.63) is 30.1 Å². The maximum Gasteiger partial charge on any atom is 0.0416 e. The molecule has 1 aromatic rings. The lowest BCUT2D eigenvalue weighted by atomic mass is 10.2. The molecule has 1 aliphatic carbocycles. The van der Waals surface area contributed by atoms with Crippen LogP contribution in [0.3, 0.4) is 0 Å². The predicted octanol–water partition coefficient (Wildman–Crippen LogP) is 1.45. The average Bonchev–Trinajstić information content (AvgIpc) is 3.06. The van der Waals surface area contributed by atoms with Crippen LogP contribution in [0.2, 0.25) is 0 Å². The largest absolute Gasteiger partial charge is 0.310 e. The first-order valence-corrected chi connectivity index (χ1v) is 6.78. The first-order valence-electron chi connectivity index (χ1n) is 6.78. The second-order valence-corrected chi connectivity index (χ2v) is 5.30. The van der Waals surface area contributed by atoms with Crippen LogP contribution in [0.5, 0.6) is 0 Å². The summed E-state index contributed by atoms with van der Waals surface area (Å²) in [7, 11) is 0. The normalized spacial score (nSPS) is 25.3. The fourth-order valence-electron chi connectivity index (χ4n) is 2.57. The highest BCUT2D eigenvalue weighted by Crippen LogP contribution is 2.21. The van der Waals surface area contributed by atoms with Crippen molar-refractivity contribution < 1.29 is 0 Å². The van der Waals surface area contributed by atoms with E-state index in [-0.39, 0.29) is 0 Å². The zero-order valence-corrected chi connectivity index (χ0v) is 10.3. The molecule has 2 heterocycles. The van der Waals surface area contributed by atoms with Crippen LogP contribution in [-0.2, 0) is 6.42 Å². The average molecular weight is 231 g/mol. The Morgan fingerprint density at radius 2 is 2.18 bits per heavy atom. The van der Waals surface area contributed by atoms with Crippen LogP contribution in [0.15, 0.2) is 24.4 Å². The maximum atomic E-state index is 4.37. The topological polar surface area (TPSA) is 28.2 Å². The zero-order chi connectivity index (χ0) is 11.5. The minimum atomic E-state index is 0.742. The van der Waals surface area contributed by atoms with Gasteiger partial charge in [0.2, 0.25) is 0 Å². The Labute approximate surface area is 103 Å². The first-order chi connectivity index (χ1) is 8.40. The highest BCUT2D eigenvalue weighted by Gasteiger charge is 2.28. The molecule has 3 nitrogen and oxygen atoms in total. The van der Waals surface area contributed by atoms with E-state index in [2.05, 4.69) is 27.3 Å². The summed E-state index contributed by atoms with van der Waals surface area (Å²) in [4.78, 5) is 6.94. The van der Waals surface area contributed by atoms with Crippen molar-refractivity contribution in [3.8, 4) is 0 Å². The number of aromatic nitrogens is 1. The third kappa shape index (κ3) is 3.27. The van der Waals surface area contributed by atoms with E-state index in [0.717, 1.165) is 25.0 Å². The molecule has 3 rings (SSSR count). The summed E-state index contributed by atoms with van der Waals surface area (Å²) >= 11 is 0. The Morgan fingerprint density at radius 1 is 1.24 bits per heavy atom. The number of nitrogens with zero attached hydrogens (tertiary/aromatic N) is 2. The van der Waals surface area contributed by atoms with E-state index in [0.29, 0.717) is 0 Å². The molecule has 3 heteroatoms. The lowest BCUT2D eigenvalue weighted by Crippen LogP contribution is -2.34. The second-order valence-electron chi connectivity index (χ2n) is 5.30. The molecule has 92 valence electrons. The SMILES string of the molecule is c1ccc(CCN2CCC(NC3CC3)C2)nc1. The van der Waals surface area contributed by atoms with Crippen molar-refractivity contribution in [2.75, 3.05) is 19.6 Å². The van der Waals surface area contributed by atoms with Gasteiger partial charge in [-0.2, -0.15) is 0 Å². The van der Waals surface area contributed by atoms with Crippen molar-refractivity contribution in [3.63, 3.8) is 0 Å². The minimum absolute atomic E-state index is 0.742. The van der Waals surface area contributed by atoms with Gasteiger partial charge in [-0.05, 0) is 37.9 Å². The van der Waals surface area contributed by atoms with Crippen LogP contribution >= 0.6 is 0 Å². The van der Waals surface area contributed by atoms with Crippen molar-refractivity contribution >= 4 is 0 Å². The van der Waals surface area contributed by atoms with Crippen molar-refractivity contribution in [1.82, 2.24) is 15.2 Å². The summed E-state index contributed by atoms with van der Waals surface area (Å²) in [6, 6.07) is 7.76. The zero-order valence-electron chi connectivity index (χ0n) is 10.3. The Bertz CT molecular complexity index is 348. The van der Waals surface area contributed by atoms with Gasteiger partial charge in [0, 0.05) is 43.5 Å². The summed E-state index contributed by atoms with van der Waals surface area (Å²) in [5, 5.41) is 3.72. The smallest absolute Gasteiger partial charge is 0.0416 e. The fourth-order valence-corrected chi connectivity index (χ4v) is 2.57. The van der Waals surface area contributed by atoms with E-state index in [4.69, 9.17) is 0 Å². The second kappa shape index (κ2) is 5.15. The van der Waals surface area contributed by atoms with Gasteiger partial charge in [-0.1, -0.05) is 6.07 Å². The standard InChI is InChI=1S/C14H21N3/c1-2-8-15-12(3-1)6-9-17-10-7-14(11-17)16-13-4-5-13/h1-3,8,13-14,16H,4-7,9-11H2. The monoisotopic (exact) mass is 231 g/mol. The van der Waals surface area contributed by atoms with Crippen LogP contribution in [0.1, 0.15) is 25.0 Å². The van der Waals surface area contributed by atoms with Gasteiger partial charge in [-0.3, -0.25) is 4.98 Å². The van der Waals surface area contributed by atoms with Crippen LogP contribution in [0.4, 0.5) is 0 Å². The van der Waals surface area contributed by atoms with E-state index in [1.54, 1.807) is 0 Å². The minimum Gasteiger partial charge on any atom is -0.310 e. The first kappa shape index (κ1) is 11.2. The number of hydrogen-bond acceptors (Lipinski definition) is 3. The summed E-state index contributed by atoms with van der Waals surface area (Å²) < 4.78 is 0. The molecule has 1 aromatic heterocycles. The molecule has 0 aromatic carbocycles. The van der Waals surface area contributed by atoms with Gasteiger partial charge >= 0.3 is 0 Å². The van der Waals surface area contributed by atoms with Gasteiger partial charge in [0.15, 0.2) is 0 Å². The van der Waals surface area contributed by atoms with Crippen LogP contribution in [-0.4, -0.2) is 41.6 Å². The maximum absolute atomic E-state index is 4.37. The number of nitrogens with one attached hydrogen (secondary N) is 1. The lowest BCUT2D eigenvalue weighted by molar-refractivity contribution is 0.330. The van der Waals surface area contributed by atoms with Gasteiger partial charge in [-0.25, -0.2) is 0 Å². The molecule has 17 heavy (non-hydrogen) atoms. The molecule has 1 saturated carbocycles. The molecular formula is C14H21N3. The Kier molecular flexibility index (Phi) is 3.39. The molecule has 1 N–H and O–H groups in total. The third-order valence-electron chi connectivity index (χ3n) is 3.73. The predicted molar refractivity (Wildman–Crippen MR) is 68.9 cm³/mol. The molecule has 0 radical (unpaired) electrons. The molecule has 0 bridgehead atoms. The molecule has 1 saturated heterocycles. The molecule has 1 unspecified atom stereocenters. The van der Waals surface area contributed by atoms with Gasteiger partial charge in [0.05, 0.1) is 0 Å². The van der Waals surface area contributed by atoms with Crippen LogP contribution in [0.25, 0.3) is 0 Å². The number of hydrogen-bond donors (Lipinski definition) is 1. The molecule has 0 spiro atoms. The van der Waals surface area contributed by atoms with Gasteiger partial charge in [-0.15, -0.1) is 0 Å². The quantitative estimate of drug-likeness (QED) is 0.831. The van der Waals surface area contributed by atoms with E-state index in [1.165, 1.54) is 38.0 Å². The van der Waals surface area contributed by atoms with Gasteiger partial charge in [0.25, 0.3) is 0 Å². The van der Waals surface area contributed by atoms with Gasteiger partial charge in [0.1, 0.15) is 0 Å². The highest BCUT2D eigenvalue weighted by atomic mass is 15.2. The summed E-state index contributed by atoms with van der Waals surface area (Å²) in [6.45, 7) is 3.63. The molecule has 2 aliphatic rings. The molecular weight excluding hydrogens is 210 g/mol. The van der Waals surface area contributed by atoms with E-state index >= 15 is 0 Å². The highest BCUT2D eigenvalue weighted by molar-refractivity contribution is 5.04. The van der Waals surface area contributed by atoms with Crippen LogP contribution in [0, 0.1) is 0 Å². The Balaban J connectivity index is 1.41. The lowest BCUT2D eigenvalue weighted by Gasteiger charge is -2.16. The van der Waals surface area contributed by atoms with Crippen molar-refractivity contribution in [2.45, 2.75) is 37.8 Å².